The second-order valence-electron chi connectivity index (χ2n) is 3.85. The molecule has 0 fully saturated rings. The zero-order valence-corrected chi connectivity index (χ0v) is 9.30. The van der Waals surface area contributed by atoms with E-state index >= 15 is 0 Å². The molecule has 0 aliphatic heterocycles. The number of Topliss-reactive ketones (excluding diaryl/α,β-unsaturated/α-hetero) is 1. The Morgan fingerprint density at radius 1 is 1.31 bits per heavy atom. The Morgan fingerprint density at radius 2 is 1.92 bits per heavy atom. The fourth-order valence-corrected chi connectivity index (χ4v) is 1.23. The number of rotatable bonds is 7. The highest BCUT2D eigenvalue weighted by molar-refractivity contribution is 5.82. The van der Waals surface area contributed by atoms with Crippen LogP contribution in [0.15, 0.2) is 0 Å². The average Bonchev–Trinajstić information content (AvgIpc) is 2.04. The highest BCUT2D eigenvalue weighted by atomic mass is 16.5. The molecular weight excluding hydrogens is 164 g/mol. The first-order valence-electron chi connectivity index (χ1n) is 5.22. The lowest BCUT2D eigenvalue weighted by Gasteiger charge is -2.10. The third-order valence-corrected chi connectivity index (χ3v) is 2.07. The molecule has 0 aliphatic rings. The van der Waals surface area contributed by atoms with Crippen LogP contribution in [-0.4, -0.2) is 18.5 Å². The zero-order chi connectivity index (χ0) is 10.3. The number of ether oxygens (including phenoxy) is 1. The van der Waals surface area contributed by atoms with Crippen LogP contribution in [0.25, 0.3) is 0 Å². The number of carbonyl (C=O) groups is 1. The first-order chi connectivity index (χ1) is 6.07. The van der Waals surface area contributed by atoms with Crippen molar-refractivity contribution in [1.29, 1.82) is 0 Å². The summed E-state index contributed by atoms with van der Waals surface area (Å²) in [6, 6.07) is 0. The third kappa shape index (κ3) is 6.76. The van der Waals surface area contributed by atoms with E-state index < -0.39 is 0 Å². The molecule has 78 valence electrons. The standard InChI is InChI=1S/C11H22O2/c1-5-13-10(4)11(12)8-6-7-9(2)3/h9-10H,5-8H2,1-4H3. The molecule has 13 heavy (non-hydrogen) atoms. The largest absolute Gasteiger partial charge is 0.371 e. The summed E-state index contributed by atoms with van der Waals surface area (Å²) >= 11 is 0. The molecule has 0 bridgehead atoms. The van der Waals surface area contributed by atoms with Gasteiger partial charge < -0.3 is 4.74 Å². The lowest BCUT2D eigenvalue weighted by molar-refractivity contribution is -0.129. The van der Waals surface area contributed by atoms with Crippen LogP contribution >= 0.6 is 0 Å². The highest BCUT2D eigenvalue weighted by Gasteiger charge is 2.11. The highest BCUT2D eigenvalue weighted by Crippen LogP contribution is 2.08. The molecule has 0 N–H and O–H groups in total. The van der Waals surface area contributed by atoms with E-state index in [0.29, 0.717) is 18.9 Å². The molecule has 0 saturated heterocycles. The van der Waals surface area contributed by atoms with E-state index in [1.54, 1.807) is 0 Å². The molecule has 0 radical (unpaired) electrons. The number of hydrogen-bond donors (Lipinski definition) is 0. The van der Waals surface area contributed by atoms with Gasteiger partial charge in [0, 0.05) is 13.0 Å². The van der Waals surface area contributed by atoms with E-state index in [-0.39, 0.29) is 11.9 Å². The molecule has 1 atom stereocenters. The van der Waals surface area contributed by atoms with Crippen LogP contribution in [0.1, 0.15) is 47.0 Å². The van der Waals surface area contributed by atoms with Crippen LogP contribution < -0.4 is 0 Å². The monoisotopic (exact) mass is 186 g/mol. The first kappa shape index (κ1) is 12.6. The summed E-state index contributed by atoms with van der Waals surface area (Å²) in [5.41, 5.74) is 0. The van der Waals surface area contributed by atoms with Crippen LogP contribution in [0, 0.1) is 5.92 Å². The zero-order valence-electron chi connectivity index (χ0n) is 9.30. The molecule has 0 amide bonds. The van der Waals surface area contributed by atoms with Gasteiger partial charge in [0.1, 0.15) is 6.10 Å². The van der Waals surface area contributed by atoms with E-state index in [2.05, 4.69) is 13.8 Å². The fourth-order valence-electron chi connectivity index (χ4n) is 1.23. The van der Waals surface area contributed by atoms with Gasteiger partial charge in [0.15, 0.2) is 5.78 Å². The van der Waals surface area contributed by atoms with E-state index in [4.69, 9.17) is 4.74 Å². The van der Waals surface area contributed by atoms with E-state index in [1.165, 1.54) is 0 Å². The van der Waals surface area contributed by atoms with Gasteiger partial charge in [-0.3, -0.25) is 4.79 Å². The Balaban J connectivity index is 3.50. The molecule has 0 aromatic heterocycles. The molecule has 2 nitrogen and oxygen atoms in total. The van der Waals surface area contributed by atoms with Crippen LogP contribution in [0.5, 0.6) is 0 Å². The maximum absolute atomic E-state index is 11.4. The van der Waals surface area contributed by atoms with Crippen molar-refractivity contribution in [2.24, 2.45) is 5.92 Å². The maximum Gasteiger partial charge on any atom is 0.161 e. The number of carbonyl (C=O) groups excluding carboxylic acids is 1. The summed E-state index contributed by atoms with van der Waals surface area (Å²) in [4.78, 5) is 11.4. The van der Waals surface area contributed by atoms with Crippen LogP contribution in [-0.2, 0) is 9.53 Å². The SMILES string of the molecule is CCOC(C)C(=O)CCCC(C)C. The summed E-state index contributed by atoms with van der Waals surface area (Å²) in [7, 11) is 0. The van der Waals surface area contributed by atoms with Gasteiger partial charge in [0.2, 0.25) is 0 Å². The normalized spacial score (nSPS) is 13.3. The molecule has 0 spiro atoms. The van der Waals surface area contributed by atoms with Crippen molar-refractivity contribution < 1.29 is 9.53 Å². The number of hydrogen-bond acceptors (Lipinski definition) is 2. The van der Waals surface area contributed by atoms with Crippen molar-refractivity contribution in [2.45, 2.75) is 53.1 Å². The van der Waals surface area contributed by atoms with Crippen molar-refractivity contribution in [1.82, 2.24) is 0 Å². The Labute approximate surface area is 81.7 Å². The van der Waals surface area contributed by atoms with Gasteiger partial charge in [0.05, 0.1) is 0 Å². The summed E-state index contributed by atoms with van der Waals surface area (Å²) in [6.45, 7) is 8.73. The molecule has 2 heteroatoms. The second kappa shape index (κ2) is 7.07. The molecule has 0 saturated carbocycles. The van der Waals surface area contributed by atoms with E-state index in [1.807, 2.05) is 13.8 Å². The molecule has 0 heterocycles. The average molecular weight is 186 g/mol. The lowest BCUT2D eigenvalue weighted by atomic mass is 10.0. The van der Waals surface area contributed by atoms with Crippen molar-refractivity contribution in [2.75, 3.05) is 6.61 Å². The summed E-state index contributed by atoms with van der Waals surface area (Å²) in [6.07, 6.45) is 2.58. The van der Waals surface area contributed by atoms with Gasteiger partial charge in [0.25, 0.3) is 0 Å². The van der Waals surface area contributed by atoms with Gasteiger partial charge in [-0.15, -0.1) is 0 Å². The van der Waals surface area contributed by atoms with Gasteiger partial charge in [-0.05, 0) is 26.2 Å². The van der Waals surface area contributed by atoms with Crippen molar-refractivity contribution >= 4 is 5.78 Å². The molecular formula is C11H22O2. The predicted octanol–water partition coefficient (Wildman–Crippen LogP) is 2.81. The van der Waals surface area contributed by atoms with Gasteiger partial charge in [-0.2, -0.15) is 0 Å². The molecule has 1 unspecified atom stereocenters. The second-order valence-corrected chi connectivity index (χ2v) is 3.85. The third-order valence-electron chi connectivity index (χ3n) is 2.07. The maximum atomic E-state index is 11.4. The van der Waals surface area contributed by atoms with E-state index in [9.17, 15) is 4.79 Å². The van der Waals surface area contributed by atoms with E-state index in [0.717, 1.165) is 12.8 Å². The minimum absolute atomic E-state index is 0.211. The lowest BCUT2D eigenvalue weighted by Crippen LogP contribution is -2.20. The summed E-state index contributed by atoms with van der Waals surface area (Å²) in [5.74, 6) is 0.928. The quantitative estimate of drug-likeness (QED) is 0.611. The topological polar surface area (TPSA) is 26.3 Å². The first-order valence-corrected chi connectivity index (χ1v) is 5.22. The Morgan fingerprint density at radius 3 is 2.38 bits per heavy atom. The van der Waals surface area contributed by atoms with Crippen LogP contribution in [0.2, 0.25) is 0 Å². The summed E-state index contributed by atoms with van der Waals surface area (Å²) < 4.78 is 5.21. The predicted molar refractivity (Wildman–Crippen MR) is 54.8 cm³/mol. The Bertz CT molecular complexity index is 141. The Hall–Kier alpha value is -0.370. The summed E-state index contributed by atoms with van der Waals surface area (Å²) in [5, 5.41) is 0. The van der Waals surface area contributed by atoms with Crippen LogP contribution in [0.4, 0.5) is 0 Å². The van der Waals surface area contributed by atoms with Gasteiger partial charge in [-0.25, -0.2) is 0 Å². The number of ketones is 1. The molecule has 0 rings (SSSR count). The van der Waals surface area contributed by atoms with Gasteiger partial charge >= 0.3 is 0 Å². The minimum atomic E-state index is -0.211. The molecule has 0 aliphatic carbocycles. The molecule has 0 aromatic rings. The van der Waals surface area contributed by atoms with Gasteiger partial charge in [-0.1, -0.05) is 20.3 Å². The van der Waals surface area contributed by atoms with Crippen molar-refractivity contribution in [3.63, 3.8) is 0 Å². The van der Waals surface area contributed by atoms with Crippen LogP contribution in [0.3, 0.4) is 0 Å². The Kier molecular flexibility index (Phi) is 6.87. The van der Waals surface area contributed by atoms with Crippen molar-refractivity contribution in [3.8, 4) is 0 Å². The molecule has 0 aromatic carbocycles. The smallest absolute Gasteiger partial charge is 0.161 e. The minimum Gasteiger partial charge on any atom is -0.371 e. The fraction of sp³-hybridized carbons (Fsp3) is 0.909. The van der Waals surface area contributed by atoms with Crippen molar-refractivity contribution in [3.05, 3.63) is 0 Å².